The Bertz CT molecular complexity index is 1080. The molecule has 314 valence electrons. The summed E-state index contributed by atoms with van der Waals surface area (Å²) in [5.41, 5.74) is -1.97. The summed E-state index contributed by atoms with van der Waals surface area (Å²) >= 11 is 0. The van der Waals surface area contributed by atoms with E-state index in [2.05, 4.69) is 26.0 Å². The first-order valence-corrected chi connectivity index (χ1v) is 20.8. The lowest BCUT2D eigenvalue weighted by molar-refractivity contribution is -0.0746. The summed E-state index contributed by atoms with van der Waals surface area (Å²) in [6, 6.07) is 0. The molecule has 8 heteroatoms. The lowest BCUT2D eigenvalue weighted by Crippen LogP contribution is -2.39. The minimum atomic E-state index is -1.24. The zero-order valence-corrected chi connectivity index (χ0v) is 35.9. The van der Waals surface area contributed by atoms with Crippen LogP contribution in [0, 0.1) is 0 Å². The van der Waals surface area contributed by atoms with Crippen LogP contribution in [0.1, 0.15) is 204 Å². The molecule has 0 aromatic heterocycles. The van der Waals surface area contributed by atoms with Crippen LogP contribution in [0.25, 0.3) is 0 Å². The van der Waals surface area contributed by atoms with E-state index in [1.807, 2.05) is 47.6 Å². The highest BCUT2D eigenvalue weighted by atomic mass is 16.3. The number of aliphatic hydroxyl groups excluding tert-OH is 2. The highest BCUT2D eigenvalue weighted by Gasteiger charge is 2.32. The van der Waals surface area contributed by atoms with Gasteiger partial charge in [-0.3, -0.25) is 0 Å². The third-order valence-corrected chi connectivity index (χ3v) is 11.4. The van der Waals surface area contributed by atoms with Gasteiger partial charge in [0.05, 0.1) is 46.3 Å². The van der Waals surface area contributed by atoms with Crippen LogP contribution in [0.5, 0.6) is 0 Å². The van der Waals surface area contributed by atoms with E-state index in [-0.39, 0.29) is 6.61 Å². The first-order valence-electron chi connectivity index (χ1n) is 20.8. The fourth-order valence-corrected chi connectivity index (χ4v) is 7.27. The topological polar surface area (TPSA) is 162 Å². The summed E-state index contributed by atoms with van der Waals surface area (Å²) in [5, 5.41) is 85.3. The number of hydrogen-bond acceptors (Lipinski definition) is 8. The molecule has 0 unspecified atom stereocenters. The van der Waals surface area contributed by atoms with E-state index >= 15 is 0 Å². The van der Waals surface area contributed by atoms with Gasteiger partial charge in [-0.1, -0.05) is 34.9 Å². The quantitative estimate of drug-likeness (QED) is 0.0326. The summed E-state index contributed by atoms with van der Waals surface area (Å²) in [6.45, 7) is 19.0. The minimum absolute atomic E-state index is 0.0565. The molecule has 0 saturated heterocycles. The van der Waals surface area contributed by atoms with Crippen molar-refractivity contribution in [3.05, 3.63) is 34.9 Å². The normalized spacial score (nSPS) is 20.3. The third kappa shape index (κ3) is 28.0. The third-order valence-electron chi connectivity index (χ3n) is 11.4. The highest BCUT2D eigenvalue weighted by molar-refractivity contribution is 5.04. The molecule has 0 saturated carbocycles. The van der Waals surface area contributed by atoms with Crippen molar-refractivity contribution in [2.75, 3.05) is 6.61 Å². The van der Waals surface area contributed by atoms with Gasteiger partial charge in [0.2, 0.25) is 0 Å². The van der Waals surface area contributed by atoms with E-state index in [9.17, 15) is 35.7 Å². The van der Waals surface area contributed by atoms with Gasteiger partial charge in [-0.2, -0.15) is 0 Å². The van der Waals surface area contributed by atoms with E-state index in [4.69, 9.17) is 5.11 Å². The monoisotopic (exact) mass is 755 g/mol. The van der Waals surface area contributed by atoms with Gasteiger partial charge in [0.25, 0.3) is 0 Å². The summed E-state index contributed by atoms with van der Waals surface area (Å²) in [7, 11) is 0. The van der Waals surface area contributed by atoms with Crippen molar-refractivity contribution in [2.45, 2.75) is 244 Å². The molecule has 53 heavy (non-hydrogen) atoms. The van der Waals surface area contributed by atoms with Crippen molar-refractivity contribution in [2.24, 2.45) is 0 Å². The van der Waals surface area contributed by atoms with Gasteiger partial charge in [0.1, 0.15) is 0 Å². The maximum atomic E-state index is 11.0. The maximum Gasteiger partial charge on any atom is 0.0877 e. The molecular weight excluding hydrogens is 668 g/mol. The molecule has 0 radical (unpaired) electrons. The molecule has 0 bridgehead atoms. The van der Waals surface area contributed by atoms with Crippen molar-refractivity contribution in [3.8, 4) is 0 Å². The zero-order chi connectivity index (χ0) is 41.0. The lowest BCUT2D eigenvalue weighted by atomic mass is 9.83. The van der Waals surface area contributed by atoms with Crippen LogP contribution in [0.4, 0.5) is 0 Å². The van der Waals surface area contributed by atoms with Gasteiger partial charge < -0.3 is 40.9 Å². The van der Waals surface area contributed by atoms with Crippen molar-refractivity contribution >= 4 is 0 Å². The Kier molecular flexibility index (Phi) is 24.0. The molecule has 0 aliphatic heterocycles. The van der Waals surface area contributed by atoms with E-state index in [1.165, 1.54) is 11.1 Å². The SMILES string of the molecule is CC(C)=CCC[C@@](C)(O)CCC[C@](C)(O)CCC[C@](C)(O)CCC[C@](C)(O)CCC[C@](C)(O)CCC[C@](C)(O)[C@H](O)CC/C(C)=C/CC/C(C)=C/CO. The second-order valence-corrected chi connectivity index (χ2v) is 18.8. The summed E-state index contributed by atoms with van der Waals surface area (Å²) in [4.78, 5) is 0. The largest absolute Gasteiger partial charge is 0.392 e. The van der Waals surface area contributed by atoms with Crippen LogP contribution < -0.4 is 0 Å². The lowest BCUT2D eigenvalue weighted by Gasteiger charge is -2.32. The summed E-state index contributed by atoms with van der Waals surface area (Å²) in [5.74, 6) is 0. The Morgan fingerprint density at radius 3 is 1.15 bits per heavy atom. The van der Waals surface area contributed by atoms with Crippen molar-refractivity contribution in [1.29, 1.82) is 0 Å². The standard InChI is InChI=1S/C45H86O8/c1-36(2)18-12-24-40(5,48)25-13-26-41(6,49)27-14-28-42(7,50)29-15-30-43(8,51)31-16-32-44(9,52)33-17-34-45(10,53)39(47)22-21-37(3)19-11-20-38(4)23-35-46/h18-19,23,39,46-53H,11-17,20-22,24-35H2,1-10H3/b37-19+,38-23+/t39-,40-,41+,42+,43+,44+,45+/m1/s1. The van der Waals surface area contributed by atoms with Gasteiger partial charge in [-0.25, -0.2) is 0 Å². The Morgan fingerprint density at radius 2 is 0.792 bits per heavy atom. The molecular formula is C45H86O8. The average Bonchev–Trinajstić information content (AvgIpc) is 2.98. The van der Waals surface area contributed by atoms with Crippen LogP contribution in [-0.4, -0.2) is 87.2 Å². The van der Waals surface area contributed by atoms with Crippen LogP contribution in [0.3, 0.4) is 0 Å². The van der Waals surface area contributed by atoms with Crippen LogP contribution in [0.2, 0.25) is 0 Å². The molecule has 0 aliphatic carbocycles. The predicted molar refractivity (Wildman–Crippen MR) is 221 cm³/mol. The molecule has 0 amide bonds. The van der Waals surface area contributed by atoms with Gasteiger partial charge in [-0.15, -0.1) is 0 Å². The molecule has 0 aromatic carbocycles. The fourth-order valence-electron chi connectivity index (χ4n) is 7.27. The molecule has 0 aliphatic rings. The van der Waals surface area contributed by atoms with Gasteiger partial charge >= 0.3 is 0 Å². The van der Waals surface area contributed by atoms with E-state index in [0.717, 1.165) is 31.3 Å². The number of allylic oxidation sites excluding steroid dienone is 5. The Hall–Kier alpha value is -1.10. The van der Waals surface area contributed by atoms with Gasteiger partial charge in [0.15, 0.2) is 0 Å². The smallest absolute Gasteiger partial charge is 0.0877 e. The Balaban J connectivity index is 4.45. The maximum absolute atomic E-state index is 11.0. The second-order valence-electron chi connectivity index (χ2n) is 18.8. The van der Waals surface area contributed by atoms with Gasteiger partial charge in [0, 0.05) is 0 Å². The zero-order valence-electron chi connectivity index (χ0n) is 35.9. The van der Waals surface area contributed by atoms with E-state index in [1.54, 1.807) is 13.8 Å². The molecule has 0 aromatic rings. The van der Waals surface area contributed by atoms with Gasteiger partial charge in [-0.05, 0) is 204 Å². The molecule has 0 spiro atoms. The molecule has 8 nitrogen and oxygen atoms in total. The van der Waals surface area contributed by atoms with Crippen LogP contribution in [-0.2, 0) is 0 Å². The van der Waals surface area contributed by atoms with E-state index < -0.39 is 39.7 Å². The first kappa shape index (κ1) is 51.9. The molecule has 7 atom stereocenters. The minimum Gasteiger partial charge on any atom is -0.392 e. The number of hydrogen-bond donors (Lipinski definition) is 8. The van der Waals surface area contributed by atoms with Crippen molar-refractivity contribution < 1.29 is 40.9 Å². The molecule has 0 fully saturated rings. The predicted octanol–water partition coefficient (Wildman–Crippen LogP) is 8.90. The highest BCUT2D eigenvalue weighted by Crippen LogP contribution is 2.32. The number of aliphatic hydroxyl groups is 8. The Morgan fingerprint density at radius 1 is 0.453 bits per heavy atom. The van der Waals surface area contributed by atoms with Crippen molar-refractivity contribution in [1.82, 2.24) is 0 Å². The van der Waals surface area contributed by atoms with E-state index in [0.29, 0.717) is 109 Å². The van der Waals surface area contributed by atoms with Crippen molar-refractivity contribution in [3.63, 3.8) is 0 Å². The summed E-state index contributed by atoms with van der Waals surface area (Å²) in [6.07, 6.45) is 18.5. The summed E-state index contributed by atoms with van der Waals surface area (Å²) < 4.78 is 0. The molecule has 8 N–H and O–H groups in total. The Labute approximate surface area is 325 Å². The second kappa shape index (κ2) is 24.5. The van der Waals surface area contributed by atoms with Crippen LogP contribution >= 0.6 is 0 Å². The average molecular weight is 755 g/mol. The fraction of sp³-hybridized carbons (Fsp3) is 0.867. The molecule has 0 rings (SSSR count). The van der Waals surface area contributed by atoms with Crippen LogP contribution in [0.15, 0.2) is 34.9 Å². The first-order chi connectivity index (χ1) is 24.2. The molecule has 0 heterocycles. The number of rotatable bonds is 31.